The number of carbonyl (C=O) groups excluding carboxylic acids is 2. The van der Waals surface area contributed by atoms with Crippen LogP contribution in [0.2, 0.25) is 5.02 Å². The van der Waals surface area contributed by atoms with E-state index in [1.54, 1.807) is 17.9 Å². The van der Waals surface area contributed by atoms with Crippen LogP contribution in [0.25, 0.3) is 0 Å². The number of nitrogens with zero attached hydrogens (tertiary/aromatic N) is 2. The number of carbonyl (C=O) groups is 2. The Balaban J connectivity index is 2.10. The highest BCUT2D eigenvalue weighted by atomic mass is 35.5. The summed E-state index contributed by atoms with van der Waals surface area (Å²) in [5, 5.41) is 0.655. The Kier molecular flexibility index (Phi) is 5.42. The standard InChI is InChI=1S/C16H21ClN2O3/c1-4-22-15(20)10-18-7-8-19(16(21)12(18)3)14-6-5-13(17)9-11(14)2/h5-6,9,12H,4,7-8,10H2,1-3H3. The van der Waals surface area contributed by atoms with E-state index in [9.17, 15) is 9.59 Å². The molecule has 0 saturated carbocycles. The van der Waals surface area contributed by atoms with E-state index in [0.717, 1.165) is 11.3 Å². The fourth-order valence-electron chi connectivity index (χ4n) is 2.66. The molecule has 1 aliphatic heterocycles. The van der Waals surface area contributed by atoms with E-state index in [2.05, 4.69) is 0 Å². The van der Waals surface area contributed by atoms with Gasteiger partial charge >= 0.3 is 5.97 Å². The number of benzene rings is 1. The van der Waals surface area contributed by atoms with E-state index in [4.69, 9.17) is 16.3 Å². The van der Waals surface area contributed by atoms with Crippen molar-refractivity contribution in [1.29, 1.82) is 0 Å². The second kappa shape index (κ2) is 7.11. The molecule has 0 N–H and O–H groups in total. The molecule has 1 aromatic carbocycles. The van der Waals surface area contributed by atoms with E-state index in [-0.39, 0.29) is 24.5 Å². The van der Waals surface area contributed by atoms with Crippen molar-refractivity contribution in [1.82, 2.24) is 4.90 Å². The maximum absolute atomic E-state index is 12.6. The number of rotatable bonds is 4. The number of halogens is 1. The molecule has 0 bridgehead atoms. The zero-order chi connectivity index (χ0) is 16.3. The van der Waals surface area contributed by atoms with Crippen molar-refractivity contribution in [3.05, 3.63) is 28.8 Å². The lowest BCUT2D eigenvalue weighted by molar-refractivity contribution is -0.145. The van der Waals surface area contributed by atoms with Crippen LogP contribution in [0.15, 0.2) is 18.2 Å². The van der Waals surface area contributed by atoms with Crippen molar-refractivity contribution in [2.45, 2.75) is 26.8 Å². The molecule has 1 aliphatic rings. The molecule has 5 nitrogen and oxygen atoms in total. The lowest BCUT2D eigenvalue weighted by atomic mass is 10.1. The van der Waals surface area contributed by atoms with Crippen LogP contribution in [0.3, 0.4) is 0 Å². The first-order valence-corrected chi connectivity index (χ1v) is 7.79. The number of amides is 1. The van der Waals surface area contributed by atoms with Crippen LogP contribution in [-0.4, -0.2) is 49.1 Å². The summed E-state index contributed by atoms with van der Waals surface area (Å²) in [7, 11) is 0. The Morgan fingerprint density at radius 2 is 2.14 bits per heavy atom. The Morgan fingerprint density at radius 3 is 2.77 bits per heavy atom. The number of hydrogen-bond acceptors (Lipinski definition) is 4. The average Bonchev–Trinajstić information content (AvgIpc) is 2.45. The van der Waals surface area contributed by atoms with E-state index < -0.39 is 0 Å². The summed E-state index contributed by atoms with van der Waals surface area (Å²) in [5.41, 5.74) is 1.84. The number of ether oxygens (including phenoxy) is 1. The lowest BCUT2D eigenvalue weighted by Gasteiger charge is -2.39. The van der Waals surface area contributed by atoms with Crippen molar-refractivity contribution in [2.75, 3.05) is 31.1 Å². The molecule has 0 aromatic heterocycles. The molecule has 22 heavy (non-hydrogen) atoms. The van der Waals surface area contributed by atoms with Crippen molar-refractivity contribution >= 4 is 29.2 Å². The van der Waals surface area contributed by atoms with Crippen molar-refractivity contribution in [2.24, 2.45) is 0 Å². The van der Waals surface area contributed by atoms with Gasteiger partial charge in [-0.05, 0) is 44.5 Å². The molecule has 1 unspecified atom stereocenters. The van der Waals surface area contributed by atoms with E-state index >= 15 is 0 Å². The minimum atomic E-state index is -0.353. The van der Waals surface area contributed by atoms with Crippen LogP contribution in [0.4, 0.5) is 5.69 Å². The van der Waals surface area contributed by atoms with Gasteiger partial charge in [-0.15, -0.1) is 0 Å². The Hall–Kier alpha value is -1.59. The molecular formula is C16H21ClN2O3. The highest BCUT2D eigenvalue weighted by Gasteiger charge is 2.33. The fourth-order valence-corrected chi connectivity index (χ4v) is 2.89. The molecule has 2 rings (SSSR count). The molecule has 0 radical (unpaired) electrons. The SMILES string of the molecule is CCOC(=O)CN1CCN(c2ccc(Cl)cc2C)C(=O)C1C. The Labute approximate surface area is 135 Å². The van der Waals surface area contributed by atoms with Gasteiger partial charge in [0.1, 0.15) is 0 Å². The Morgan fingerprint density at radius 1 is 1.41 bits per heavy atom. The van der Waals surface area contributed by atoms with Crippen LogP contribution >= 0.6 is 11.6 Å². The minimum absolute atomic E-state index is 0.0130. The van der Waals surface area contributed by atoms with Crippen LogP contribution < -0.4 is 4.90 Å². The smallest absolute Gasteiger partial charge is 0.320 e. The molecule has 1 atom stereocenters. The quantitative estimate of drug-likeness (QED) is 0.797. The topological polar surface area (TPSA) is 49.9 Å². The van der Waals surface area contributed by atoms with E-state index in [0.29, 0.717) is 24.7 Å². The van der Waals surface area contributed by atoms with Gasteiger partial charge in [-0.1, -0.05) is 11.6 Å². The predicted octanol–water partition coefficient (Wildman–Crippen LogP) is 2.25. The van der Waals surface area contributed by atoms with Gasteiger partial charge in [0, 0.05) is 23.8 Å². The van der Waals surface area contributed by atoms with Gasteiger partial charge in [-0.2, -0.15) is 0 Å². The maximum Gasteiger partial charge on any atom is 0.320 e. The second-order valence-electron chi connectivity index (χ2n) is 5.37. The number of hydrogen-bond donors (Lipinski definition) is 0. The molecule has 0 spiro atoms. The zero-order valence-corrected chi connectivity index (χ0v) is 13.9. The van der Waals surface area contributed by atoms with Gasteiger partial charge in [0.05, 0.1) is 19.2 Å². The Bertz CT molecular complexity index is 577. The molecule has 6 heteroatoms. The average molecular weight is 325 g/mol. The summed E-state index contributed by atoms with van der Waals surface area (Å²) in [4.78, 5) is 27.8. The highest BCUT2D eigenvalue weighted by Crippen LogP contribution is 2.26. The van der Waals surface area contributed by atoms with Gasteiger partial charge in [0.2, 0.25) is 5.91 Å². The monoisotopic (exact) mass is 324 g/mol. The first-order chi connectivity index (χ1) is 10.4. The molecule has 1 heterocycles. The molecule has 1 aromatic rings. The largest absolute Gasteiger partial charge is 0.465 e. The first kappa shape index (κ1) is 16.8. The molecule has 1 saturated heterocycles. The number of anilines is 1. The first-order valence-electron chi connectivity index (χ1n) is 7.41. The summed E-state index contributed by atoms with van der Waals surface area (Å²) in [6.07, 6.45) is 0. The number of esters is 1. The molecule has 120 valence electrons. The predicted molar refractivity (Wildman–Crippen MR) is 86.2 cm³/mol. The van der Waals surface area contributed by atoms with E-state index in [1.165, 1.54) is 0 Å². The van der Waals surface area contributed by atoms with Crippen LogP contribution in [0.1, 0.15) is 19.4 Å². The summed E-state index contributed by atoms with van der Waals surface area (Å²) in [5.74, 6) is -0.306. The summed E-state index contributed by atoms with van der Waals surface area (Å²) in [6, 6.07) is 5.14. The highest BCUT2D eigenvalue weighted by molar-refractivity contribution is 6.30. The van der Waals surface area contributed by atoms with Gasteiger partial charge in [-0.25, -0.2) is 0 Å². The summed E-state index contributed by atoms with van der Waals surface area (Å²) in [6.45, 7) is 7.20. The summed E-state index contributed by atoms with van der Waals surface area (Å²) < 4.78 is 4.95. The molecule has 1 fully saturated rings. The zero-order valence-electron chi connectivity index (χ0n) is 13.1. The number of aryl methyl sites for hydroxylation is 1. The van der Waals surface area contributed by atoms with Crippen LogP contribution in [0.5, 0.6) is 0 Å². The van der Waals surface area contributed by atoms with Gasteiger partial charge < -0.3 is 9.64 Å². The molecule has 0 aliphatic carbocycles. The maximum atomic E-state index is 12.6. The van der Waals surface area contributed by atoms with E-state index in [1.807, 2.05) is 30.9 Å². The lowest BCUT2D eigenvalue weighted by Crippen LogP contribution is -2.57. The van der Waals surface area contributed by atoms with Crippen LogP contribution in [0, 0.1) is 6.92 Å². The van der Waals surface area contributed by atoms with Gasteiger partial charge in [0.15, 0.2) is 0 Å². The van der Waals surface area contributed by atoms with Crippen LogP contribution in [-0.2, 0) is 14.3 Å². The number of piperazine rings is 1. The third kappa shape index (κ3) is 3.59. The van der Waals surface area contributed by atoms with Gasteiger partial charge in [-0.3, -0.25) is 14.5 Å². The summed E-state index contributed by atoms with van der Waals surface area (Å²) >= 11 is 5.97. The minimum Gasteiger partial charge on any atom is -0.465 e. The molecule has 1 amide bonds. The molecular weight excluding hydrogens is 304 g/mol. The normalized spacial score (nSPS) is 19.4. The third-order valence-corrected chi connectivity index (χ3v) is 4.10. The van der Waals surface area contributed by atoms with Crippen molar-refractivity contribution in [3.8, 4) is 0 Å². The van der Waals surface area contributed by atoms with Gasteiger partial charge in [0.25, 0.3) is 0 Å². The van der Waals surface area contributed by atoms with Crippen molar-refractivity contribution < 1.29 is 14.3 Å². The third-order valence-electron chi connectivity index (χ3n) is 3.87. The fraction of sp³-hybridized carbons (Fsp3) is 0.500. The van der Waals surface area contributed by atoms with Crippen molar-refractivity contribution in [3.63, 3.8) is 0 Å². The second-order valence-corrected chi connectivity index (χ2v) is 5.81.